The lowest BCUT2D eigenvalue weighted by molar-refractivity contribution is -0.130. The van der Waals surface area contributed by atoms with Crippen molar-refractivity contribution in [2.45, 2.75) is 43.9 Å². The van der Waals surface area contributed by atoms with Gasteiger partial charge in [-0.15, -0.1) is 0 Å². The number of amides is 2. The Labute approximate surface area is 165 Å². The second-order valence-corrected chi connectivity index (χ2v) is 7.33. The van der Waals surface area contributed by atoms with E-state index in [1.807, 2.05) is 14.1 Å². The van der Waals surface area contributed by atoms with Crippen LogP contribution in [0.3, 0.4) is 0 Å². The third-order valence-electron chi connectivity index (χ3n) is 4.75. The first-order chi connectivity index (χ1) is 13.4. The molecule has 0 bridgehead atoms. The zero-order chi connectivity index (χ0) is 20.5. The van der Waals surface area contributed by atoms with E-state index < -0.39 is 23.9 Å². The molecule has 1 aliphatic rings. The van der Waals surface area contributed by atoms with Gasteiger partial charge in [-0.1, -0.05) is 12.1 Å². The number of benzene rings is 1. The van der Waals surface area contributed by atoms with Crippen LogP contribution in [-0.4, -0.2) is 73.9 Å². The number of aliphatic hydroxyl groups excluding tert-OH is 1. The van der Waals surface area contributed by atoms with Gasteiger partial charge in [0.05, 0.1) is 30.7 Å². The summed E-state index contributed by atoms with van der Waals surface area (Å²) in [6, 6.07) is 5.31. The standard InChI is InChI=1S/C20H30FN3O4/c1-24(2)11-5-10-22-19(26)12-14-8-9-17(18(13-25)28-14)23-20(27)15-6-3-4-7-16(15)21/h3-4,6-7,14,17-18,25H,5,8-13H2,1-2H3,(H,22,26)(H,23,27)/t14-,17-,18+/m1/s1. The van der Waals surface area contributed by atoms with Gasteiger partial charge in [-0.2, -0.15) is 0 Å². The third kappa shape index (κ3) is 6.85. The summed E-state index contributed by atoms with van der Waals surface area (Å²) in [6.45, 7) is 1.22. The SMILES string of the molecule is CN(C)CCCNC(=O)C[C@H]1CC[C@@H](NC(=O)c2ccccc2F)[C@H](CO)O1. The van der Waals surface area contributed by atoms with E-state index in [0.29, 0.717) is 19.4 Å². The van der Waals surface area contributed by atoms with Crippen LogP contribution in [0.15, 0.2) is 24.3 Å². The highest BCUT2D eigenvalue weighted by Gasteiger charge is 2.33. The highest BCUT2D eigenvalue weighted by atomic mass is 19.1. The predicted octanol–water partition coefficient (Wildman–Crippen LogP) is 0.922. The first kappa shape index (κ1) is 22.3. The van der Waals surface area contributed by atoms with Gasteiger partial charge in [-0.25, -0.2) is 4.39 Å². The largest absolute Gasteiger partial charge is 0.394 e. The van der Waals surface area contributed by atoms with Gasteiger partial charge in [0, 0.05) is 6.54 Å². The van der Waals surface area contributed by atoms with Crippen molar-refractivity contribution in [3.05, 3.63) is 35.6 Å². The molecule has 0 unspecified atom stereocenters. The Morgan fingerprint density at radius 2 is 2.04 bits per heavy atom. The number of ether oxygens (including phenoxy) is 1. The molecule has 1 fully saturated rings. The number of rotatable bonds is 9. The minimum absolute atomic E-state index is 0.0431. The average molecular weight is 395 g/mol. The summed E-state index contributed by atoms with van der Waals surface area (Å²) in [5.74, 6) is -1.22. The van der Waals surface area contributed by atoms with Crippen LogP contribution in [0.25, 0.3) is 0 Å². The molecule has 8 heteroatoms. The Hall–Kier alpha value is -2.03. The van der Waals surface area contributed by atoms with Crippen LogP contribution in [-0.2, 0) is 9.53 Å². The summed E-state index contributed by atoms with van der Waals surface area (Å²) in [6.07, 6.45) is 1.26. The van der Waals surface area contributed by atoms with E-state index in [9.17, 15) is 19.1 Å². The lowest BCUT2D eigenvalue weighted by Crippen LogP contribution is -2.51. The van der Waals surface area contributed by atoms with Crippen molar-refractivity contribution in [1.82, 2.24) is 15.5 Å². The zero-order valence-corrected chi connectivity index (χ0v) is 16.5. The maximum absolute atomic E-state index is 13.8. The molecule has 3 atom stereocenters. The van der Waals surface area contributed by atoms with Crippen LogP contribution < -0.4 is 10.6 Å². The molecule has 2 amide bonds. The fourth-order valence-corrected chi connectivity index (χ4v) is 3.24. The molecule has 7 nitrogen and oxygen atoms in total. The summed E-state index contributed by atoms with van der Waals surface area (Å²) in [4.78, 5) is 26.4. The van der Waals surface area contributed by atoms with E-state index in [2.05, 4.69) is 15.5 Å². The summed E-state index contributed by atoms with van der Waals surface area (Å²) in [5, 5.41) is 15.2. The summed E-state index contributed by atoms with van der Waals surface area (Å²) >= 11 is 0. The number of hydrogen-bond donors (Lipinski definition) is 3. The number of carbonyl (C=O) groups is 2. The topological polar surface area (TPSA) is 90.9 Å². The molecule has 1 heterocycles. The molecule has 156 valence electrons. The van der Waals surface area contributed by atoms with Gasteiger partial charge in [-0.3, -0.25) is 9.59 Å². The number of nitrogens with one attached hydrogen (secondary N) is 2. The lowest BCUT2D eigenvalue weighted by atomic mass is 9.96. The molecular formula is C20H30FN3O4. The van der Waals surface area contributed by atoms with Gasteiger partial charge in [0.2, 0.25) is 5.91 Å². The van der Waals surface area contributed by atoms with Crippen molar-refractivity contribution >= 4 is 11.8 Å². The first-order valence-electron chi connectivity index (χ1n) is 9.63. The fraction of sp³-hybridized carbons (Fsp3) is 0.600. The molecule has 28 heavy (non-hydrogen) atoms. The lowest BCUT2D eigenvalue weighted by Gasteiger charge is -2.36. The summed E-state index contributed by atoms with van der Waals surface area (Å²) in [7, 11) is 3.96. The molecule has 1 aromatic rings. The van der Waals surface area contributed by atoms with E-state index in [1.54, 1.807) is 6.07 Å². The van der Waals surface area contributed by atoms with E-state index in [-0.39, 0.29) is 30.6 Å². The van der Waals surface area contributed by atoms with Gasteiger partial charge in [0.1, 0.15) is 11.9 Å². The molecule has 0 aliphatic carbocycles. The van der Waals surface area contributed by atoms with Crippen molar-refractivity contribution in [2.75, 3.05) is 33.8 Å². The molecule has 0 aromatic heterocycles. The second-order valence-electron chi connectivity index (χ2n) is 7.33. The van der Waals surface area contributed by atoms with Gasteiger partial charge in [0.25, 0.3) is 5.91 Å². The van der Waals surface area contributed by atoms with Crippen LogP contribution >= 0.6 is 0 Å². The molecule has 3 N–H and O–H groups in total. The molecular weight excluding hydrogens is 365 g/mol. The molecule has 0 radical (unpaired) electrons. The molecule has 2 rings (SSSR count). The number of aliphatic hydroxyl groups is 1. The molecule has 0 saturated carbocycles. The molecule has 1 aliphatic heterocycles. The van der Waals surface area contributed by atoms with Crippen LogP contribution in [0.4, 0.5) is 4.39 Å². The third-order valence-corrected chi connectivity index (χ3v) is 4.75. The Kier molecular flexibility index (Phi) is 8.82. The molecule has 1 saturated heterocycles. The van der Waals surface area contributed by atoms with Crippen molar-refractivity contribution < 1.29 is 23.8 Å². The van der Waals surface area contributed by atoms with E-state index in [1.165, 1.54) is 18.2 Å². The average Bonchev–Trinajstić information content (AvgIpc) is 2.66. The van der Waals surface area contributed by atoms with E-state index in [0.717, 1.165) is 13.0 Å². The monoisotopic (exact) mass is 395 g/mol. The fourth-order valence-electron chi connectivity index (χ4n) is 3.24. The van der Waals surface area contributed by atoms with Crippen molar-refractivity contribution in [3.8, 4) is 0 Å². The first-order valence-corrected chi connectivity index (χ1v) is 9.63. The van der Waals surface area contributed by atoms with Crippen LogP contribution in [0.5, 0.6) is 0 Å². The zero-order valence-electron chi connectivity index (χ0n) is 16.5. The van der Waals surface area contributed by atoms with Crippen LogP contribution in [0.1, 0.15) is 36.0 Å². The van der Waals surface area contributed by atoms with Gasteiger partial charge >= 0.3 is 0 Å². The summed E-state index contributed by atoms with van der Waals surface area (Å²) < 4.78 is 19.6. The Balaban J connectivity index is 1.80. The normalized spacial score (nSPS) is 22.1. The van der Waals surface area contributed by atoms with Gasteiger partial charge < -0.3 is 25.4 Å². The minimum Gasteiger partial charge on any atom is -0.394 e. The maximum Gasteiger partial charge on any atom is 0.254 e. The van der Waals surface area contributed by atoms with Crippen molar-refractivity contribution in [3.63, 3.8) is 0 Å². The van der Waals surface area contributed by atoms with Crippen LogP contribution in [0.2, 0.25) is 0 Å². The Morgan fingerprint density at radius 1 is 1.29 bits per heavy atom. The molecule has 1 aromatic carbocycles. The van der Waals surface area contributed by atoms with Gasteiger partial charge in [-0.05, 0) is 52.0 Å². The smallest absolute Gasteiger partial charge is 0.254 e. The number of nitrogens with zero attached hydrogens (tertiary/aromatic N) is 1. The van der Waals surface area contributed by atoms with E-state index >= 15 is 0 Å². The Morgan fingerprint density at radius 3 is 2.71 bits per heavy atom. The Bertz CT molecular complexity index is 656. The summed E-state index contributed by atoms with van der Waals surface area (Å²) in [5.41, 5.74) is -0.0431. The predicted molar refractivity (Wildman–Crippen MR) is 103 cm³/mol. The number of carbonyl (C=O) groups excluding carboxylic acids is 2. The number of halogens is 1. The maximum atomic E-state index is 13.8. The highest BCUT2D eigenvalue weighted by molar-refractivity contribution is 5.94. The van der Waals surface area contributed by atoms with Crippen LogP contribution in [0, 0.1) is 5.82 Å². The quantitative estimate of drug-likeness (QED) is 0.541. The minimum atomic E-state index is -0.629. The van der Waals surface area contributed by atoms with Crippen molar-refractivity contribution in [1.29, 1.82) is 0 Å². The van der Waals surface area contributed by atoms with Gasteiger partial charge in [0.15, 0.2) is 0 Å². The number of hydrogen-bond acceptors (Lipinski definition) is 5. The molecule has 0 spiro atoms. The second kappa shape index (κ2) is 11.1. The van der Waals surface area contributed by atoms with Crippen molar-refractivity contribution in [2.24, 2.45) is 0 Å². The van der Waals surface area contributed by atoms with E-state index in [4.69, 9.17) is 4.74 Å². The highest BCUT2D eigenvalue weighted by Crippen LogP contribution is 2.22.